The molecule has 0 saturated heterocycles. The molecule has 0 amide bonds. The van der Waals surface area contributed by atoms with Crippen molar-refractivity contribution in [2.45, 2.75) is 13.1 Å². The molecule has 0 spiro atoms. The monoisotopic (exact) mass is 203 g/mol. The van der Waals surface area contributed by atoms with Crippen LogP contribution in [0.25, 0.3) is 0 Å². The highest BCUT2D eigenvalue weighted by atomic mass is 16.3. The average Bonchev–Trinajstić information content (AvgIpc) is 2.71. The van der Waals surface area contributed by atoms with Gasteiger partial charge in [-0.1, -0.05) is 12.1 Å². The van der Waals surface area contributed by atoms with Crippen LogP contribution in [0.15, 0.2) is 36.7 Å². The maximum atomic E-state index is 9.25. The number of rotatable bonds is 4. The van der Waals surface area contributed by atoms with Crippen LogP contribution in [0.5, 0.6) is 5.75 Å². The van der Waals surface area contributed by atoms with Crippen LogP contribution in [0.2, 0.25) is 0 Å². The summed E-state index contributed by atoms with van der Waals surface area (Å²) < 4.78 is 0. The van der Waals surface area contributed by atoms with Crippen molar-refractivity contribution in [2.24, 2.45) is 0 Å². The summed E-state index contributed by atoms with van der Waals surface area (Å²) in [5.74, 6) is 0.303. The Morgan fingerprint density at radius 3 is 2.87 bits per heavy atom. The molecular formula is C11H13N3O. The number of phenols is 1. The number of benzene rings is 1. The number of hydrogen-bond donors (Lipinski definition) is 3. The summed E-state index contributed by atoms with van der Waals surface area (Å²) in [5.41, 5.74) is 2.19. The van der Waals surface area contributed by atoms with E-state index in [1.165, 1.54) is 0 Å². The van der Waals surface area contributed by atoms with Gasteiger partial charge in [0.05, 0.1) is 6.20 Å². The standard InChI is InChI=1S/C11H13N3O/c15-11-3-1-2-9(4-11)5-12-6-10-7-13-14-8-10/h1-4,7-8,12,15H,5-6H2,(H,13,14). The van der Waals surface area contributed by atoms with Crippen LogP contribution >= 0.6 is 0 Å². The number of nitrogens with one attached hydrogen (secondary N) is 2. The van der Waals surface area contributed by atoms with E-state index < -0.39 is 0 Å². The van der Waals surface area contributed by atoms with Gasteiger partial charge in [-0.05, 0) is 17.7 Å². The van der Waals surface area contributed by atoms with Gasteiger partial charge >= 0.3 is 0 Å². The Morgan fingerprint density at radius 1 is 1.27 bits per heavy atom. The van der Waals surface area contributed by atoms with Gasteiger partial charge in [-0.15, -0.1) is 0 Å². The number of aromatic amines is 1. The first-order valence-corrected chi connectivity index (χ1v) is 4.81. The molecular weight excluding hydrogens is 190 g/mol. The smallest absolute Gasteiger partial charge is 0.115 e. The SMILES string of the molecule is Oc1cccc(CNCc2cn[nH]c2)c1. The molecule has 1 aromatic heterocycles. The van der Waals surface area contributed by atoms with Crippen LogP contribution in [0, 0.1) is 0 Å². The Kier molecular flexibility index (Phi) is 2.99. The summed E-state index contributed by atoms with van der Waals surface area (Å²) >= 11 is 0. The van der Waals surface area contributed by atoms with Gasteiger partial charge in [-0.2, -0.15) is 5.10 Å². The molecule has 0 saturated carbocycles. The van der Waals surface area contributed by atoms with E-state index in [-0.39, 0.29) is 0 Å². The summed E-state index contributed by atoms with van der Waals surface area (Å²) in [6.45, 7) is 1.51. The van der Waals surface area contributed by atoms with E-state index in [0.717, 1.165) is 24.2 Å². The highest BCUT2D eigenvalue weighted by molar-refractivity contribution is 5.26. The van der Waals surface area contributed by atoms with E-state index >= 15 is 0 Å². The third-order valence-corrected chi connectivity index (χ3v) is 2.12. The minimum atomic E-state index is 0.303. The lowest BCUT2D eigenvalue weighted by molar-refractivity contribution is 0.474. The molecule has 1 aromatic carbocycles. The van der Waals surface area contributed by atoms with E-state index in [1.54, 1.807) is 18.3 Å². The molecule has 0 atom stereocenters. The lowest BCUT2D eigenvalue weighted by Gasteiger charge is -2.03. The second kappa shape index (κ2) is 4.61. The molecule has 0 bridgehead atoms. The van der Waals surface area contributed by atoms with Crippen LogP contribution in [0.3, 0.4) is 0 Å². The van der Waals surface area contributed by atoms with E-state index in [1.807, 2.05) is 18.3 Å². The molecule has 3 N–H and O–H groups in total. The van der Waals surface area contributed by atoms with E-state index in [4.69, 9.17) is 0 Å². The fourth-order valence-corrected chi connectivity index (χ4v) is 1.39. The zero-order valence-electron chi connectivity index (χ0n) is 8.27. The molecule has 0 aliphatic heterocycles. The topological polar surface area (TPSA) is 60.9 Å². The summed E-state index contributed by atoms with van der Waals surface area (Å²) in [5, 5.41) is 19.1. The zero-order chi connectivity index (χ0) is 10.5. The minimum Gasteiger partial charge on any atom is -0.508 e. The van der Waals surface area contributed by atoms with Gasteiger partial charge in [0.15, 0.2) is 0 Å². The summed E-state index contributed by atoms with van der Waals surface area (Å²) in [4.78, 5) is 0. The summed E-state index contributed by atoms with van der Waals surface area (Å²) in [6.07, 6.45) is 3.64. The van der Waals surface area contributed by atoms with Crippen LogP contribution in [-0.4, -0.2) is 15.3 Å². The van der Waals surface area contributed by atoms with E-state index in [2.05, 4.69) is 15.5 Å². The van der Waals surface area contributed by atoms with Crippen molar-refractivity contribution in [3.05, 3.63) is 47.8 Å². The van der Waals surface area contributed by atoms with Gasteiger partial charge in [0.1, 0.15) is 5.75 Å². The Balaban J connectivity index is 1.83. The van der Waals surface area contributed by atoms with Crippen molar-refractivity contribution < 1.29 is 5.11 Å². The molecule has 0 radical (unpaired) electrons. The molecule has 0 unspecified atom stereocenters. The molecule has 2 rings (SSSR count). The largest absolute Gasteiger partial charge is 0.508 e. The van der Waals surface area contributed by atoms with Crippen LogP contribution in [0.4, 0.5) is 0 Å². The highest BCUT2D eigenvalue weighted by Gasteiger charge is 1.95. The Labute approximate surface area is 88.0 Å². The fraction of sp³-hybridized carbons (Fsp3) is 0.182. The van der Waals surface area contributed by atoms with Crippen molar-refractivity contribution >= 4 is 0 Å². The number of H-pyrrole nitrogens is 1. The van der Waals surface area contributed by atoms with E-state index in [0.29, 0.717) is 5.75 Å². The predicted octanol–water partition coefficient (Wildman–Crippen LogP) is 1.41. The zero-order valence-corrected chi connectivity index (χ0v) is 8.27. The second-order valence-electron chi connectivity index (χ2n) is 3.38. The first-order chi connectivity index (χ1) is 7.34. The number of aromatic hydroxyl groups is 1. The van der Waals surface area contributed by atoms with Crippen molar-refractivity contribution in [3.8, 4) is 5.75 Å². The maximum Gasteiger partial charge on any atom is 0.115 e. The van der Waals surface area contributed by atoms with Crippen LogP contribution < -0.4 is 5.32 Å². The third kappa shape index (κ3) is 2.82. The quantitative estimate of drug-likeness (QED) is 0.704. The number of nitrogens with zero attached hydrogens (tertiary/aromatic N) is 1. The molecule has 0 fully saturated rings. The highest BCUT2D eigenvalue weighted by Crippen LogP contribution is 2.10. The predicted molar refractivity (Wildman–Crippen MR) is 57.2 cm³/mol. The van der Waals surface area contributed by atoms with Crippen molar-refractivity contribution in [2.75, 3.05) is 0 Å². The normalized spacial score (nSPS) is 10.4. The molecule has 2 aromatic rings. The second-order valence-corrected chi connectivity index (χ2v) is 3.38. The summed E-state index contributed by atoms with van der Waals surface area (Å²) in [7, 11) is 0. The molecule has 1 heterocycles. The Hall–Kier alpha value is -1.81. The molecule has 0 aliphatic carbocycles. The third-order valence-electron chi connectivity index (χ3n) is 2.12. The van der Waals surface area contributed by atoms with Crippen molar-refractivity contribution in [1.82, 2.24) is 15.5 Å². The molecule has 0 aliphatic rings. The number of hydrogen-bond acceptors (Lipinski definition) is 3. The molecule has 4 nitrogen and oxygen atoms in total. The average molecular weight is 203 g/mol. The van der Waals surface area contributed by atoms with Crippen molar-refractivity contribution in [3.63, 3.8) is 0 Å². The van der Waals surface area contributed by atoms with Gasteiger partial charge in [0.2, 0.25) is 0 Å². The van der Waals surface area contributed by atoms with Gasteiger partial charge < -0.3 is 10.4 Å². The number of aromatic nitrogens is 2. The lowest BCUT2D eigenvalue weighted by Crippen LogP contribution is -2.11. The minimum absolute atomic E-state index is 0.303. The Morgan fingerprint density at radius 2 is 2.13 bits per heavy atom. The van der Waals surface area contributed by atoms with Crippen LogP contribution in [0.1, 0.15) is 11.1 Å². The Bertz CT molecular complexity index is 412. The molecule has 15 heavy (non-hydrogen) atoms. The maximum absolute atomic E-state index is 9.25. The molecule has 4 heteroatoms. The van der Waals surface area contributed by atoms with E-state index in [9.17, 15) is 5.11 Å². The van der Waals surface area contributed by atoms with Gasteiger partial charge in [0, 0.05) is 24.8 Å². The van der Waals surface area contributed by atoms with Gasteiger partial charge in [0.25, 0.3) is 0 Å². The number of phenolic OH excluding ortho intramolecular Hbond substituents is 1. The first-order valence-electron chi connectivity index (χ1n) is 4.81. The van der Waals surface area contributed by atoms with Crippen LogP contribution in [-0.2, 0) is 13.1 Å². The van der Waals surface area contributed by atoms with Gasteiger partial charge in [-0.25, -0.2) is 0 Å². The molecule has 78 valence electrons. The lowest BCUT2D eigenvalue weighted by atomic mass is 10.2. The van der Waals surface area contributed by atoms with Gasteiger partial charge in [-0.3, -0.25) is 5.10 Å². The fourth-order valence-electron chi connectivity index (χ4n) is 1.39. The summed E-state index contributed by atoms with van der Waals surface area (Å²) in [6, 6.07) is 7.23. The van der Waals surface area contributed by atoms with Crippen molar-refractivity contribution in [1.29, 1.82) is 0 Å². The first kappa shape index (κ1) is 9.73.